The van der Waals surface area contributed by atoms with Crippen LogP contribution in [0.15, 0.2) is 24.3 Å². The summed E-state index contributed by atoms with van der Waals surface area (Å²) in [5.74, 6) is -0.161. The average molecular weight is 265 g/mol. The van der Waals surface area contributed by atoms with Crippen molar-refractivity contribution in [2.24, 2.45) is 5.41 Å². The van der Waals surface area contributed by atoms with Crippen LogP contribution in [0.2, 0.25) is 0 Å². The smallest absolute Gasteiger partial charge is 0.123 e. The van der Waals surface area contributed by atoms with Gasteiger partial charge in [0.1, 0.15) is 5.82 Å². The van der Waals surface area contributed by atoms with E-state index in [-0.39, 0.29) is 22.8 Å². The van der Waals surface area contributed by atoms with Crippen molar-refractivity contribution >= 4 is 0 Å². The van der Waals surface area contributed by atoms with Crippen LogP contribution in [-0.2, 0) is 0 Å². The Morgan fingerprint density at radius 3 is 2.26 bits per heavy atom. The summed E-state index contributed by atoms with van der Waals surface area (Å²) in [6.07, 6.45) is 2.03. The summed E-state index contributed by atoms with van der Waals surface area (Å²) < 4.78 is 13.3. The minimum atomic E-state index is -0.161. The zero-order valence-electron chi connectivity index (χ0n) is 13.2. The molecule has 108 valence electrons. The van der Waals surface area contributed by atoms with E-state index < -0.39 is 0 Å². The van der Waals surface area contributed by atoms with E-state index in [2.05, 4.69) is 46.9 Å². The highest BCUT2D eigenvalue weighted by Gasteiger charge is 2.27. The molecule has 0 aromatic heterocycles. The maximum Gasteiger partial charge on any atom is 0.123 e. The van der Waals surface area contributed by atoms with Crippen LogP contribution in [0.4, 0.5) is 4.39 Å². The predicted octanol–water partition coefficient (Wildman–Crippen LogP) is 5.08. The van der Waals surface area contributed by atoms with Gasteiger partial charge in [-0.05, 0) is 49.8 Å². The van der Waals surface area contributed by atoms with Gasteiger partial charge in [0.05, 0.1) is 0 Å². The van der Waals surface area contributed by atoms with E-state index in [1.807, 2.05) is 6.07 Å². The third-order valence-corrected chi connectivity index (χ3v) is 3.20. The Morgan fingerprint density at radius 1 is 1.16 bits per heavy atom. The molecule has 1 unspecified atom stereocenters. The van der Waals surface area contributed by atoms with E-state index in [1.54, 1.807) is 12.1 Å². The van der Waals surface area contributed by atoms with Gasteiger partial charge in [0.2, 0.25) is 0 Å². The molecule has 0 aliphatic heterocycles. The fraction of sp³-hybridized carbons (Fsp3) is 0.647. The Morgan fingerprint density at radius 2 is 1.79 bits per heavy atom. The van der Waals surface area contributed by atoms with Gasteiger partial charge in [-0.2, -0.15) is 0 Å². The summed E-state index contributed by atoms with van der Waals surface area (Å²) in [7, 11) is 0. The minimum Gasteiger partial charge on any atom is -0.305 e. The van der Waals surface area contributed by atoms with Gasteiger partial charge in [-0.25, -0.2) is 4.39 Å². The van der Waals surface area contributed by atoms with Crippen molar-refractivity contribution in [3.8, 4) is 0 Å². The van der Waals surface area contributed by atoms with Gasteiger partial charge in [-0.3, -0.25) is 0 Å². The molecule has 1 aromatic rings. The first-order valence-corrected chi connectivity index (χ1v) is 7.16. The second-order valence-corrected chi connectivity index (χ2v) is 7.28. The number of rotatable bonds is 5. The Labute approximate surface area is 117 Å². The first-order chi connectivity index (χ1) is 8.63. The van der Waals surface area contributed by atoms with Crippen LogP contribution in [0.5, 0.6) is 0 Å². The van der Waals surface area contributed by atoms with Crippen LogP contribution >= 0.6 is 0 Å². The van der Waals surface area contributed by atoms with Crippen LogP contribution in [0.25, 0.3) is 0 Å². The lowest BCUT2D eigenvalue weighted by molar-refractivity contribution is 0.220. The molecule has 1 N–H and O–H groups in total. The number of hydrogen-bond acceptors (Lipinski definition) is 1. The van der Waals surface area contributed by atoms with Gasteiger partial charge < -0.3 is 5.32 Å². The minimum absolute atomic E-state index is 0.0330. The topological polar surface area (TPSA) is 12.0 Å². The second-order valence-electron chi connectivity index (χ2n) is 7.28. The standard InChI is InChI=1S/C17H28FN/c1-7-15(13-9-8-10-14(18)11-13)19-17(5,6)12-16(2,3)4/h8-11,15,19H,7,12H2,1-6H3. The second kappa shape index (κ2) is 6.04. The highest BCUT2D eigenvalue weighted by atomic mass is 19.1. The zero-order valence-corrected chi connectivity index (χ0v) is 13.2. The van der Waals surface area contributed by atoms with Crippen molar-refractivity contribution in [1.82, 2.24) is 5.32 Å². The zero-order chi connectivity index (χ0) is 14.7. The Balaban J connectivity index is 2.82. The van der Waals surface area contributed by atoms with Crippen molar-refractivity contribution in [2.45, 2.75) is 66.0 Å². The molecule has 0 heterocycles. The van der Waals surface area contributed by atoms with Crippen molar-refractivity contribution < 1.29 is 4.39 Å². The summed E-state index contributed by atoms with van der Waals surface area (Å²) in [6.45, 7) is 13.3. The summed E-state index contributed by atoms with van der Waals surface area (Å²) in [5, 5.41) is 3.68. The summed E-state index contributed by atoms with van der Waals surface area (Å²) >= 11 is 0. The van der Waals surface area contributed by atoms with E-state index in [1.165, 1.54) is 6.07 Å². The summed E-state index contributed by atoms with van der Waals surface area (Å²) in [4.78, 5) is 0. The third kappa shape index (κ3) is 5.73. The third-order valence-electron chi connectivity index (χ3n) is 3.20. The fourth-order valence-electron chi connectivity index (χ4n) is 2.99. The summed E-state index contributed by atoms with van der Waals surface area (Å²) in [6, 6.07) is 7.11. The Hall–Kier alpha value is -0.890. The fourth-order valence-corrected chi connectivity index (χ4v) is 2.99. The largest absolute Gasteiger partial charge is 0.305 e. The van der Waals surface area contributed by atoms with Crippen LogP contribution in [-0.4, -0.2) is 5.54 Å². The van der Waals surface area contributed by atoms with Crippen LogP contribution in [0, 0.1) is 11.2 Å². The Bertz CT molecular complexity index is 404. The average Bonchev–Trinajstić information content (AvgIpc) is 2.22. The first kappa shape index (κ1) is 16.2. The normalized spacial score (nSPS) is 14.5. The van der Waals surface area contributed by atoms with Gasteiger partial charge in [0, 0.05) is 11.6 Å². The highest BCUT2D eigenvalue weighted by Crippen LogP contribution is 2.30. The molecule has 2 heteroatoms. The van der Waals surface area contributed by atoms with Gasteiger partial charge in [0.15, 0.2) is 0 Å². The number of benzene rings is 1. The van der Waals surface area contributed by atoms with Crippen LogP contribution < -0.4 is 5.32 Å². The van der Waals surface area contributed by atoms with Crippen LogP contribution in [0.1, 0.15) is 66.0 Å². The molecule has 0 radical (unpaired) electrons. The molecule has 0 aliphatic carbocycles. The van der Waals surface area contributed by atoms with Gasteiger partial charge in [-0.1, -0.05) is 39.8 Å². The molecular weight excluding hydrogens is 237 g/mol. The quantitative estimate of drug-likeness (QED) is 0.782. The molecule has 0 amide bonds. The monoisotopic (exact) mass is 265 g/mol. The molecule has 0 spiro atoms. The maximum absolute atomic E-state index is 13.3. The number of nitrogens with one attached hydrogen (secondary N) is 1. The molecule has 1 aromatic carbocycles. The molecule has 19 heavy (non-hydrogen) atoms. The number of hydrogen-bond donors (Lipinski definition) is 1. The van der Waals surface area contributed by atoms with Crippen molar-refractivity contribution in [1.29, 1.82) is 0 Å². The lowest BCUT2D eigenvalue weighted by atomic mass is 9.81. The molecule has 1 nitrogen and oxygen atoms in total. The number of halogens is 1. The molecule has 0 saturated carbocycles. The first-order valence-electron chi connectivity index (χ1n) is 7.16. The lowest BCUT2D eigenvalue weighted by Gasteiger charge is -2.37. The van der Waals surface area contributed by atoms with Crippen molar-refractivity contribution in [2.75, 3.05) is 0 Å². The molecule has 0 aliphatic rings. The van der Waals surface area contributed by atoms with Crippen LogP contribution in [0.3, 0.4) is 0 Å². The molecule has 1 atom stereocenters. The van der Waals surface area contributed by atoms with E-state index in [9.17, 15) is 4.39 Å². The molecule has 0 saturated heterocycles. The Kier molecular flexibility index (Phi) is 5.14. The van der Waals surface area contributed by atoms with E-state index >= 15 is 0 Å². The molecule has 0 fully saturated rings. The highest BCUT2D eigenvalue weighted by molar-refractivity contribution is 5.20. The lowest BCUT2D eigenvalue weighted by Crippen LogP contribution is -2.44. The van der Waals surface area contributed by atoms with E-state index in [0.717, 1.165) is 18.4 Å². The van der Waals surface area contributed by atoms with Gasteiger partial charge >= 0.3 is 0 Å². The molecule has 1 rings (SSSR count). The van der Waals surface area contributed by atoms with Gasteiger partial charge in [-0.15, -0.1) is 0 Å². The van der Waals surface area contributed by atoms with E-state index in [0.29, 0.717) is 0 Å². The predicted molar refractivity (Wildman–Crippen MR) is 80.7 cm³/mol. The van der Waals surface area contributed by atoms with Gasteiger partial charge in [0.25, 0.3) is 0 Å². The SMILES string of the molecule is CCC(NC(C)(C)CC(C)(C)C)c1cccc(F)c1. The molecule has 0 bridgehead atoms. The maximum atomic E-state index is 13.3. The van der Waals surface area contributed by atoms with Crippen molar-refractivity contribution in [3.63, 3.8) is 0 Å². The molecular formula is C17H28FN. The van der Waals surface area contributed by atoms with E-state index in [4.69, 9.17) is 0 Å². The summed E-state index contributed by atoms with van der Waals surface area (Å²) in [5.41, 5.74) is 1.34. The van der Waals surface area contributed by atoms with Crippen molar-refractivity contribution in [3.05, 3.63) is 35.6 Å².